The summed E-state index contributed by atoms with van der Waals surface area (Å²) >= 11 is 0. The maximum Gasteiger partial charge on any atom is 0.225 e. The molecule has 2 rings (SSSR count). The van der Waals surface area contributed by atoms with E-state index in [1.165, 1.54) is 6.42 Å². The van der Waals surface area contributed by atoms with Gasteiger partial charge in [-0.1, -0.05) is 0 Å². The molecule has 0 aromatic carbocycles. The zero-order valence-electron chi connectivity index (χ0n) is 7.82. The van der Waals surface area contributed by atoms with Crippen molar-refractivity contribution in [1.29, 1.82) is 0 Å². The summed E-state index contributed by atoms with van der Waals surface area (Å²) in [5, 5.41) is 0. The maximum absolute atomic E-state index is 5.54. The van der Waals surface area contributed by atoms with E-state index in [4.69, 9.17) is 5.73 Å². The topological polar surface area (TPSA) is 55.0 Å². The first-order valence-corrected chi connectivity index (χ1v) is 4.59. The summed E-state index contributed by atoms with van der Waals surface area (Å²) in [6, 6.07) is 1.93. The predicted molar refractivity (Wildman–Crippen MR) is 51.5 cm³/mol. The smallest absolute Gasteiger partial charge is 0.225 e. The Kier molecular flexibility index (Phi) is 2.14. The molecule has 2 N–H and O–H groups in total. The van der Waals surface area contributed by atoms with Gasteiger partial charge in [0.1, 0.15) is 0 Å². The summed E-state index contributed by atoms with van der Waals surface area (Å²) in [6.45, 7) is 4.62. The van der Waals surface area contributed by atoms with Crippen LogP contribution in [0.15, 0.2) is 6.07 Å². The summed E-state index contributed by atoms with van der Waals surface area (Å²) < 4.78 is 0. The summed E-state index contributed by atoms with van der Waals surface area (Å²) in [6.07, 6.45) is 1.25. The van der Waals surface area contributed by atoms with Crippen molar-refractivity contribution in [2.24, 2.45) is 5.73 Å². The van der Waals surface area contributed by atoms with E-state index in [9.17, 15) is 0 Å². The summed E-state index contributed by atoms with van der Waals surface area (Å²) in [4.78, 5) is 10.9. The van der Waals surface area contributed by atoms with E-state index in [-0.39, 0.29) is 0 Å². The van der Waals surface area contributed by atoms with Crippen LogP contribution < -0.4 is 10.6 Å². The number of nitrogens with two attached hydrogens (primary N) is 1. The molecule has 1 fully saturated rings. The van der Waals surface area contributed by atoms with Gasteiger partial charge in [-0.25, -0.2) is 9.97 Å². The van der Waals surface area contributed by atoms with Gasteiger partial charge >= 0.3 is 0 Å². The third-order valence-electron chi connectivity index (χ3n) is 2.24. The highest BCUT2D eigenvalue weighted by molar-refractivity contribution is 5.34. The molecule has 0 spiro atoms. The Morgan fingerprint density at radius 3 is 2.77 bits per heavy atom. The van der Waals surface area contributed by atoms with Gasteiger partial charge in [-0.05, 0) is 19.4 Å². The van der Waals surface area contributed by atoms with E-state index in [0.29, 0.717) is 6.54 Å². The number of hydrogen-bond donors (Lipinski definition) is 1. The monoisotopic (exact) mass is 178 g/mol. The van der Waals surface area contributed by atoms with E-state index >= 15 is 0 Å². The minimum absolute atomic E-state index is 0.490. The lowest BCUT2D eigenvalue weighted by molar-refractivity contribution is 0.597. The average Bonchev–Trinajstić information content (AvgIpc) is 2.00. The van der Waals surface area contributed by atoms with E-state index in [1.54, 1.807) is 0 Å². The standard InChI is InChI=1S/C9H14N4/c1-7-5-8(6-10)12-9(11-7)13-3-2-4-13/h5H,2-4,6,10H2,1H3. The minimum Gasteiger partial charge on any atom is -0.341 e. The molecule has 4 nitrogen and oxygen atoms in total. The highest BCUT2D eigenvalue weighted by Gasteiger charge is 2.17. The normalized spacial score (nSPS) is 15.7. The molecule has 0 atom stereocenters. The molecule has 1 saturated heterocycles. The van der Waals surface area contributed by atoms with Crippen LogP contribution in [0.4, 0.5) is 5.95 Å². The maximum atomic E-state index is 5.54. The molecular formula is C9H14N4. The Bertz CT molecular complexity index is 306. The van der Waals surface area contributed by atoms with Crippen molar-refractivity contribution < 1.29 is 0 Å². The zero-order chi connectivity index (χ0) is 9.26. The lowest BCUT2D eigenvalue weighted by atomic mass is 10.2. The fourth-order valence-corrected chi connectivity index (χ4v) is 1.38. The van der Waals surface area contributed by atoms with Crippen LogP contribution in [0.2, 0.25) is 0 Å². The van der Waals surface area contributed by atoms with Crippen LogP contribution in [0.3, 0.4) is 0 Å². The van der Waals surface area contributed by atoms with Crippen LogP contribution in [-0.2, 0) is 6.54 Å². The molecule has 1 aliphatic heterocycles. The number of aryl methyl sites for hydroxylation is 1. The molecule has 1 aromatic heterocycles. The lowest BCUT2D eigenvalue weighted by Gasteiger charge is -2.31. The van der Waals surface area contributed by atoms with Crippen LogP contribution >= 0.6 is 0 Å². The second-order valence-corrected chi connectivity index (χ2v) is 3.35. The van der Waals surface area contributed by atoms with Crippen LogP contribution in [0.25, 0.3) is 0 Å². The van der Waals surface area contributed by atoms with E-state index in [0.717, 1.165) is 30.4 Å². The first kappa shape index (κ1) is 8.44. The van der Waals surface area contributed by atoms with Crippen molar-refractivity contribution in [1.82, 2.24) is 9.97 Å². The highest BCUT2D eigenvalue weighted by Crippen LogP contribution is 2.16. The molecule has 4 heteroatoms. The van der Waals surface area contributed by atoms with Crippen LogP contribution in [0, 0.1) is 6.92 Å². The molecule has 0 amide bonds. The fourth-order valence-electron chi connectivity index (χ4n) is 1.38. The first-order chi connectivity index (χ1) is 6.29. The lowest BCUT2D eigenvalue weighted by Crippen LogP contribution is -2.38. The number of aromatic nitrogens is 2. The van der Waals surface area contributed by atoms with Gasteiger partial charge in [0.15, 0.2) is 0 Å². The first-order valence-electron chi connectivity index (χ1n) is 4.59. The molecular weight excluding hydrogens is 164 g/mol. The second kappa shape index (κ2) is 3.30. The number of anilines is 1. The molecule has 0 unspecified atom stereocenters. The Morgan fingerprint density at radius 1 is 1.46 bits per heavy atom. The van der Waals surface area contributed by atoms with Gasteiger partial charge in [0, 0.05) is 25.3 Å². The Hall–Kier alpha value is -1.16. The van der Waals surface area contributed by atoms with E-state index in [1.807, 2.05) is 13.0 Å². The SMILES string of the molecule is Cc1cc(CN)nc(N2CCC2)n1. The van der Waals surface area contributed by atoms with Crippen molar-refractivity contribution in [3.05, 3.63) is 17.5 Å². The Morgan fingerprint density at radius 2 is 2.23 bits per heavy atom. The molecule has 1 aliphatic rings. The van der Waals surface area contributed by atoms with Gasteiger partial charge < -0.3 is 10.6 Å². The van der Waals surface area contributed by atoms with Gasteiger partial charge in [-0.15, -0.1) is 0 Å². The summed E-state index contributed by atoms with van der Waals surface area (Å²) in [5.41, 5.74) is 7.46. The van der Waals surface area contributed by atoms with Crippen LogP contribution in [0.1, 0.15) is 17.8 Å². The minimum atomic E-state index is 0.490. The summed E-state index contributed by atoms with van der Waals surface area (Å²) in [5.74, 6) is 0.840. The molecule has 0 bridgehead atoms. The van der Waals surface area contributed by atoms with Crippen molar-refractivity contribution in [3.63, 3.8) is 0 Å². The second-order valence-electron chi connectivity index (χ2n) is 3.35. The molecule has 1 aromatic rings. The van der Waals surface area contributed by atoms with Crippen LogP contribution in [0.5, 0.6) is 0 Å². The molecule has 0 saturated carbocycles. The molecule has 0 aliphatic carbocycles. The number of rotatable bonds is 2. The quantitative estimate of drug-likeness (QED) is 0.714. The average molecular weight is 178 g/mol. The summed E-state index contributed by atoms with van der Waals surface area (Å²) in [7, 11) is 0. The van der Waals surface area contributed by atoms with Gasteiger partial charge in [0.2, 0.25) is 5.95 Å². The number of nitrogens with zero attached hydrogens (tertiary/aromatic N) is 3. The molecule has 70 valence electrons. The van der Waals surface area contributed by atoms with E-state index < -0.39 is 0 Å². The third kappa shape index (κ3) is 1.62. The van der Waals surface area contributed by atoms with Crippen molar-refractivity contribution in [3.8, 4) is 0 Å². The van der Waals surface area contributed by atoms with Gasteiger partial charge in [0.05, 0.1) is 5.69 Å². The number of hydrogen-bond acceptors (Lipinski definition) is 4. The molecule has 2 heterocycles. The largest absolute Gasteiger partial charge is 0.341 e. The molecule has 13 heavy (non-hydrogen) atoms. The van der Waals surface area contributed by atoms with Gasteiger partial charge in [-0.2, -0.15) is 0 Å². The van der Waals surface area contributed by atoms with Gasteiger partial charge in [0.25, 0.3) is 0 Å². The fraction of sp³-hybridized carbons (Fsp3) is 0.556. The predicted octanol–water partition coefficient (Wildman–Crippen LogP) is 0.454. The Balaban J connectivity index is 2.28. The highest BCUT2D eigenvalue weighted by atomic mass is 15.3. The zero-order valence-corrected chi connectivity index (χ0v) is 7.82. The molecule has 0 radical (unpaired) electrons. The van der Waals surface area contributed by atoms with E-state index in [2.05, 4.69) is 14.9 Å². The van der Waals surface area contributed by atoms with Crippen molar-refractivity contribution in [2.75, 3.05) is 18.0 Å². The van der Waals surface area contributed by atoms with Gasteiger partial charge in [-0.3, -0.25) is 0 Å². The van der Waals surface area contributed by atoms with Crippen molar-refractivity contribution in [2.45, 2.75) is 19.9 Å². The van der Waals surface area contributed by atoms with Crippen molar-refractivity contribution >= 4 is 5.95 Å². The third-order valence-corrected chi connectivity index (χ3v) is 2.24. The Labute approximate surface area is 77.8 Å². The van der Waals surface area contributed by atoms with Crippen LogP contribution in [-0.4, -0.2) is 23.1 Å².